The van der Waals surface area contributed by atoms with Crippen LogP contribution in [0.1, 0.15) is 24.1 Å². The van der Waals surface area contributed by atoms with Crippen molar-refractivity contribution in [1.82, 2.24) is 5.43 Å². The van der Waals surface area contributed by atoms with Gasteiger partial charge in [0.2, 0.25) is 0 Å². The van der Waals surface area contributed by atoms with Gasteiger partial charge in [-0.2, -0.15) is 0 Å². The molecule has 0 aliphatic carbocycles. The second-order valence-electron chi connectivity index (χ2n) is 2.95. The average molecular weight is 168 g/mol. The molecule has 66 valence electrons. The molecule has 0 spiro atoms. The van der Waals surface area contributed by atoms with Crippen molar-refractivity contribution in [3.05, 3.63) is 35.1 Å². The van der Waals surface area contributed by atoms with Gasteiger partial charge in [-0.25, -0.2) is 4.39 Å². The first-order valence-corrected chi connectivity index (χ1v) is 3.86. The van der Waals surface area contributed by atoms with Crippen LogP contribution in [-0.2, 0) is 0 Å². The molecule has 2 nitrogen and oxygen atoms in total. The van der Waals surface area contributed by atoms with Gasteiger partial charge in [0, 0.05) is 6.04 Å². The van der Waals surface area contributed by atoms with Gasteiger partial charge in [-0.15, -0.1) is 0 Å². The van der Waals surface area contributed by atoms with E-state index < -0.39 is 0 Å². The molecule has 3 heteroatoms. The van der Waals surface area contributed by atoms with Gasteiger partial charge in [0.1, 0.15) is 5.82 Å². The SMILES string of the molecule is Cc1cc(F)cc(C(C)NN)c1. The molecule has 0 radical (unpaired) electrons. The highest BCUT2D eigenvalue weighted by Gasteiger charge is 2.04. The molecular weight excluding hydrogens is 155 g/mol. The van der Waals surface area contributed by atoms with Gasteiger partial charge in [0.15, 0.2) is 0 Å². The second kappa shape index (κ2) is 3.65. The molecular formula is C9H13FN2. The van der Waals surface area contributed by atoms with E-state index in [1.54, 1.807) is 0 Å². The lowest BCUT2D eigenvalue weighted by atomic mass is 10.1. The van der Waals surface area contributed by atoms with Crippen LogP contribution in [0.5, 0.6) is 0 Å². The highest BCUT2D eigenvalue weighted by atomic mass is 19.1. The van der Waals surface area contributed by atoms with Gasteiger partial charge in [0.05, 0.1) is 0 Å². The van der Waals surface area contributed by atoms with E-state index in [1.165, 1.54) is 12.1 Å². The quantitative estimate of drug-likeness (QED) is 0.520. The molecule has 0 heterocycles. The molecule has 12 heavy (non-hydrogen) atoms. The first-order chi connectivity index (χ1) is 5.63. The van der Waals surface area contributed by atoms with Crippen LogP contribution in [-0.4, -0.2) is 0 Å². The monoisotopic (exact) mass is 168 g/mol. The number of hydrogen-bond acceptors (Lipinski definition) is 2. The Balaban J connectivity index is 3.00. The second-order valence-corrected chi connectivity index (χ2v) is 2.95. The van der Waals surface area contributed by atoms with Gasteiger partial charge < -0.3 is 0 Å². The maximum atomic E-state index is 12.9. The molecule has 0 aromatic heterocycles. The maximum absolute atomic E-state index is 12.9. The Bertz CT molecular complexity index is 253. The van der Waals surface area contributed by atoms with E-state index >= 15 is 0 Å². The number of nitrogens with one attached hydrogen (secondary N) is 1. The molecule has 1 unspecified atom stereocenters. The highest BCUT2D eigenvalue weighted by molar-refractivity contribution is 5.25. The molecule has 3 N–H and O–H groups in total. The van der Waals surface area contributed by atoms with E-state index in [9.17, 15) is 4.39 Å². The molecule has 0 saturated carbocycles. The molecule has 0 aliphatic heterocycles. The van der Waals surface area contributed by atoms with Gasteiger partial charge in [-0.1, -0.05) is 6.07 Å². The smallest absolute Gasteiger partial charge is 0.123 e. The summed E-state index contributed by atoms with van der Waals surface area (Å²) in [6.07, 6.45) is 0. The molecule has 1 rings (SSSR count). The van der Waals surface area contributed by atoms with Crippen LogP contribution in [0.3, 0.4) is 0 Å². The van der Waals surface area contributed by atoms with E-state index in [4.69, 9.17) is 5.84 Å². The summed E-state index contributed by atoms with van der Waals surface area (Å²) in [7, 11) is 0. The van der Waals surface area contributed by atoms with Crippen molar-refractivity contribution in [2.75, 3.05) is 0 Å². The summed E-state index contributed by atoms with van der Waals surface area (Å²) in [5, 5.41) is 0. The summed E-state index contributed by atoms with van der Waals surface area (Å²) >= 11 is 0. The minimum Gasteiger partial charge on any atom is -0.271 e. The summed E-state index contributed by atoms with van der Waals surface area (Å²) in [6.45, 7) is 3.74. The zero-order valence-corrected chi connectivity index (χ0v) is 7.26. The van der Waals surface area contributed by atoms with E-state index in [1.807, 2.05) is 19.9 Å². The van der Waals surface area contributed by atoms with Crippen molar-refractivity contribution < 1.29 is 4.39 Å². The molecule has 0 saturated heterocycles. The summed E-state index contributed by atoms with van der Waals surface area (Å²) in [4.78, 5) is 0. The third-order valence-corrected chi connectivity index (χ3v) is 1.81. The van der Waals surface area contributed by atoms with Crippen LogP contribution in [0.4, 0.5) is 4.39 Å². The fraction of sp³-hybridized carbons (Fsp3) is 0.333. The topological polar surface area (TPSA) is 38.0 Å². The van der Waals surface area contributed by atoms with Gasteiger partial charge in [-0.05, 0) is 37.1 Å². The van der Waals surface area contributed by atoms with Crippen LogP contribution in [0.25, 0.3) is 0 Å². The van der Waals surface area contributed by atoms with Gasteiger partial charge >= 0.3 is 0 Å². The number of rotatable bonds is 2. The Hall–Kier alpha value is -0.930. The van der Waals surface area contributed by atoms with Crippen molar-refractivity contribution >= 4 is 0 Å². The molecule has 0 aliphatic rings. The van der Waals surface area contributed by atoms with E-state index in [0.717, 1.165) is 11.1 Å². The predicted octanol–water partition coefficient (Wildman–Crippen LogP) is 1.66. The summed E-state index contributed by atoms with van der Waals surface area (Å²) in [6, 6.07) is 4.87. The largest absolute Gasteiger partial charge is 0.271 e. The van der Waals surface area contributed by atoms with Crippen LogP contribution in [0.15, 0.2) is 18.2 Å². The minimum atomic E-state index is -0.216. The third-order valence-electron chi connectivity index (χ3n) is 1.81. The highest BCUT2D eigenvalue weighted by Crippen LogP contribution is 2.14. The zero-order valence-electron chi connectivity index (χ0n) is 7.26. The van der Waals surface area contributed by atoms with Crippen molar-refractivity contribution in [2.45, 2.75) is 19.9 Å². The van der Waals surface area contributed by atoms with E-state index in [-0.39, 0.29) is 11.9 Å². The Labute approximate surface area is 71.6 Å². The lowest BCUT2D eigenvalue weighted by molar-refractivity contribution is 0.584. The Morgan fingerprint density at radius 3 is 2.58 bits per heavy atom. The van der Waals surface area contributed by atoms with Gasteiger partial charge in [0.25, 0.3) is 0 Å². The summed E-state index contributed by atoms with van der Waals surface area (Å²) in [5.41, 5.74) is 4.35. The standard InChI is InChI=1S/C9H13FN2/c1-6-3-8(7(2)12-11)5-9(10)4-6/h3-5,7,12H,11H2,1-2H3. The molecule has 1 aromatic carbocycles. The predicted molar refractivity (Wildman–Crippen MR) is 46.9 cm³/mol. The number of halogens is 1. The van der Waals surface area contributed by atoms with Crippen molar-refractivity contribution in [3.8, 4) is 0 Å². The summed E-state index contributed by atoms with van der Waals surface area (Å²) < 4.78 is 12.9. The van der Waals surface area contributed by atoms with Crippen molar-refractivity contribution in [1.29, 1.82) is 0 Å². The van der Waals surface area contributed by atoms with Crippen LogP contribution in [0, 0.1) is 12.7 Å². The number of benzene rings is 1. The Kier molecular flexibility index (Phi) is 2.78. The van der Waals surface area contributed by atoms with Gasteiger partial charge in [-0.3, -0.25) is 11.3 Å². The number of aryl methyl sites for hydroxylation is 1. The fourth-order valence-corrected chi connectivity index (χ4v) is 1.11. The molecule has 1 atom stereocenters. The normalized spacial score (nSPS) is 13.0. The van der Waals surface area contributed by atoms with E-state index in [0.29, 0.717) is 0 Å². The Morgan fingerprint density at radius 1 is 1.42 bits per heavy atom. The summed E-state index contributed by atoms with van der Waals surface area (Å²) in [5.74, 6) is 5.02. The number of nitrogens with two attached hydrogens (primary N) is 1. The Morgan fingerprint density at radius 2 is 2.08 bits per heavy atom. The maximum Gasteiger partial charge on any atom is 0.123 e. The molecule has 0 amide bonds. The minimum absolute atomic E-state index is 0.0144. The first kappa shape index (κ1) is 9.16. The van der Waals surface area contributed by atoms with Crippen molar-refractivity contribution in [2.24, 2.45) is 5.84 Å². The van der Waals surface area contributed by atoms with Crippen LogP contribution >= 0.6 is 0 Å². The van der Waals surface area contributed by atoms with Crippen LogP contribution < -0.4 is 11.3 Å². The number of hydrazine groups is 1. The lowest BCUT2D eigenvalue weighted by Gasteiger charge is -2.10. The zero-order chi connectivity index (χ0) is 9.14. The lowest BCUT2D eigenvalue weighted by Crippen LogP contribution is -2.25. The first-order valence-electron chi connectivity index (χ1n) is 3.86. The average Bonchev–Trinajstić information content (AvgIpc) is 2.01. The van der Waals surface area contributed by atoms with E-state index in [2.05, 4.69) is 5.43 Å². The third kappa shape index (κ3) is 2.03. The number of hydrogen-bond donors (Lipinski definition) is 2. The molecule has 1 aromatic rings. The van der Waals surface area contributed by atoms with Crippen molar-refractivity contribution in [3.63, 3.8) is 0 Å². The fourth-order valence-electron chi connectivity index (χ4n) is 1.11. The molecule has 0 fully saturated rings. The molecule has 0 bridgehead atoms. The van der Waals surface area contributed by atoms with Crippen LogP contribution in [0.2, 0.25) is 0 Å².